The van der Waals surface area contributed by atoms with Gasteiger partial charge in [0.05, 0.1) is 0 Å². The summed E-state index contributed by atoms with van der Waals surface area (Å²) in [7, 11) is 0. The number of aryl methyl sites for hydroxylation is 1. The fourth-order valence-corrected chi connectivity index (χ4v) is 3.96. The first-order valence-corrected chi connectivity index (χ1v) is 8.60. The molecule has 3 aromatic heterocycles. The van der Waals surface area contributed by atoms with Crippen molar-refractivity contribution in [1.29, 1.82) is 0 Å². The van der Waals surface area contributed by atoms with Crippen LogP contribution >= 0.6 is 11.3 Å². The minimum absolute atomic E-state index is 0.658. The maximum absolute atomic E-state index is 5.48. The van der Waals surface area contributed by atoms with Crippen LogP contribution in [0.15, 0.2) is 30.5 Å². The number of hydrogen-bond donors (Lipinski definition) is 0. The molecule has 1 aliphatic rings. The van der Waals surface area contributed by atoms with Crippen LogP contribution in [-0.2, 0) is 11.2 Å². The Morgan fingerprint density at radius 1 is 1.27 bits per heavy atom. The van der Waals surface area contributed by atoms with Crippen LogP contribution in [0.1, 0.15) is 23.5 Å². The summed E-state index contributed by atoms with van der Waals surface area (Å²) in [5.74, 6) is 1.79. The summed E-state index contributed by atoms with van der Waals surface area (Å²) in [6.07, 6.45) is 5.09. The van der Waals surface area contributed by atoms with Gasteiger partial charge in [-0.1, -0.05) is 0 Å². The zero-order chi connectivity index (χ0) is 14.9. The van der Waals surface area contributed by atoms with E-state index in [9.17, 15) is 0 Å². The largest absolute Gasteiger partial charge is 0.381 e. The molecule has 4 nitrogen and oxygen atoms in total. The lowest BCUT2D eigenvalue weighted by molar-refractivity contribution is 0.0659. The van der Waals surface area contributed by atoms with E-state index >= 15 is 0 Å². The highest BCUT2D eigenvalue weighted by atomic mass is 32.1. The van der Waals surface area contributed by atoms with Gasteiger partial charge in [-0.15, -0.1) is 11.3 Å². The van der Waals surface area contributed by atoms with Gasteiger partial charge in [0.2, 0.25) is 0 Å². The van der Waals surface area contributed by atoms with E-state index in [1.807, 2.05) is 18.3 Å². The summed E-state index contributed by atoms with van der Waals surface area (Å²) in [6, 6.07) is 8.33. The first-order valence-electron chi connectivity index (χ1n) is 7.78. The number of hydrogen-bond acceptors (Lipinski definition) is 4. The fraction of sp³-hybridized carbons (Fsp3) is 0.412. The molecule has 0 radical (unpaired) electrons. The van der Waals surface area contributed by atoms with Gasteiger partial charge in [0, 0.05) is 30.7 Å². The van der Waals surface area contributed by atoms with Crippen molar-refractivity contribution in [3.05, 3.63) is 41.2 Å². The number of pyridine rings is 1. The van der Waals surface area contributed by atoms with Gasteiger partial charge in [0.15, 0.2) is 5.65 Å². The molecule has 0 aromatic carbocycles. The average molecular weight is 313 g/mol. The summed E-state index contributed by atoms with van der Waals surface area (Å²) in [5, 5.41) is 1.21. The van der Waals surface area contributed by atoms with Gasteiger partial charge < -0.3 is 4.74 Å². The Balaban J connectivity index is 1.79. The summed E-state index contributed by atoms with van der Waals surface area (Å²) in [5.41, 5.74) is 1.95. The van der Waals surface area contributed by atoms with Crippen LogP contribution in [0.2, 0.25) is 0 Å². The molecule has 0 unspecified atom stereocenters. The molecule has 3 aromatic rings. The predicted octanol–water partition coefficient (Wildman–Crippen LogP) is 3.76. The van der Waals surface area contributed by atoms with Gasteiger partial charge >= 0.3 is 0 Å². The number of imidazole rings is 1. The van der Waals surface area contributed by atoms with Crippen molar-refractivity contribution in [3.63, 3.8) is 0 Å². The second kappa shape index (κ2) is 5.82. The van der Waals surface area contributed by atoms with Crippen molar-refractivity contribution >= 4 is 22.5 Å². The highest BCUT2D eigenvalue weighted by molar-refractivity contribution is 7.14. The van der Waals surface area contributed by atoms with Gasteiger partial charge in [-0.2, -0.15) is 0 Å². The molecule has 1 fully saturated rings. The van der Waals surface area contributed by atoms with Crippen molar-refractivity contribution in [3.8, 4) is 5.00 Å². The van der Waals surface area contributed by atoms with Crippen molar-refractivity contribution in [1.82, 2.24) is 14.5 Å². The van der Waals surface area contributed by atoms with Gasteiger partial charge in [0.1, 0.15) is 16.3 Å². The zero-order valence-electron chi connectivity index (χ0n) is 12.7. The molecule has 4 rings (SSSR count). The Bertz CT molecular complexity index is 786. The van der Waals surface area contributed by atoms with Crippen LogP contribution in [-0.4, -0.2) is 27.7 Å². The maximum Gasteiger partial charge on any atom is 0.165 e. The van der Waals surface area contributed by atoms with E-state index in [2.05, 4.69) is 28.6 Å². The van der Waals surface area contributed by atoms with Crippen molar-refractivity contribution in [2.45, 2.75) is 26.2 Å². The SMILES string of the molecule is Cc1ccc(-n2c(CC3CCOCC3)nc3cccnc32)s1. The molecule has 0 N–H and O–H groups in total. The topological polar surface area (TPSA) is 39.9 Å². The highest BCUT2D eigenvalue weighted by Gasteiger charge is 2.20. The van der Waals surface area contributed by atoms with Crippen molar-refractivity contribution < 1.29 is 4.74 Å². The van der Waals surface area contributed by atoms with Gasteiger partial charge in [-0.25, -0.2) is 9.97 Å². The minimum Gasteiger partial charge on any atom is -0.381 e. The molecule has 1 saturated heterocycles. The van der Waals surface area contributed by atoms with E-state index in [4.69, 9.17) is 9.72 Å². The Hall–Kier alpha value is -1.72. The second-order valence-electron chi connectivity index (χ2n) is 5.85. The van der Waals surface area contributed by atoms with Crippen molar-refractivity contribution in [2.24, 2.45) is 5.92 Å². The van der Waals surface area contributed by atoms with Crippen LogP contribution < -0.4 is 0 Å². The second-order valence-corrected chi connectivity index (χ2v) is 7.12. The third-order valence-corrected chi connectivity index (χ3v) is 5.23. The monoisotopic (exact) mass is 313 g/mol. The summed E-state index contributed by atoms with van der Waals surface area (Å²) < 4.78 is 7.72. The van der Waals surface area contributed by atoms with Gasteiger partial charge in [-0.3, -0.25) is 4.57 Å². The summed E-state index contributed by atoms with van der Waals surface area (Å²) in [6.45, 7) is 3.89. The summed E-state index contributed by atoms with van der Waals surface area (Å²) in [4.78, 5) is 10.7. The molecule has 0 atom stereocenters. The highest BCUT2D eigenvalue weighted by Crippen LogP contribution is 2.28. The Labute approximate surface area is 133 Å². The van der Waals surface area contributed by atoms with Crippen LogP contribution in [0.4, 0.5) is 0 Å². The van der Waals surface area contributed by atoms with Crippen LogP contribution in [0.25, 0.3) is 16.2 Å². The number of rotatable bonds is 3. The molecule has 22 heavy (non-hydrogen) atoms. The van der Waals surface area contributed by atoms with Crippen LogP contribution in [0.3, 0.4) is 0 Å². The third kappa shape index (κ3) is 2.55. The van der Waals surface area contributed by atoms with Crippen LogP contribution in [0, 0.1) is 12.8 Å². The van der Waals surface area contributed by atoms with Gasteiger partial charge in [0.25, 0.3) is 0 Å². The molecule has 0 saturated carbocycles. The molecule has 114 valence electrons. The molecule has 0 amide bonds. The van der Waals surface area contributed by atoms with E-state index in [-0.39, 0.29) is 0 Å². The molecular formula is C17H19N3OS. The third-order valence-electron chi connectivity index (χ3n) is 4.24. The number of thiophene rings is 1. The lowest BCUT2D eigenvalue weighted by Crippen LogP contribution is -2.19. The molecule has 0 aliphatic carbocycles. The van der Waals surface area contributed by atoms with E-state index in [1.165, 1.54) is 9.88 Å². The Morgan fingerprint density at radius 3 is 2.91 bits per heavy atom. The van der Waals surface area contributed by atoms with E-state index in [0.29, 0.717) is 5.92 Å². The molecular weight excluding hydrogens is 294 g/mol. The lowest BCUT2D eigenvalue weighted by atomic mass is 9.96. The minimum atomic E-state index is 0.658. The first kappa shape index (κ1) is 13.9. The zero-order valence-corrected chi connectivity index (χ0v) is 13.5. The van der Waals surface area contributed by atoms with E-state index in [0.717, 1.165) is 49.5 Å². The van der Waals surface area contributed by atoms with Gasteiger partial charge in [-0.05, 0) is 49.9 Å². The lowest BCUT2D eigenvalue weighted by Gasteiger charge is -2.21. The Kier molecular flexibility index (Phi) is 3.68. The molecule has 0 bridgehead atoms. The van der Waals surface area contributed by atoms with E-state index < -0.39 is 0 Å². The fourth-order valence-electron chi connectivity index (χ4n) is 3.08. The number of aromatic nitrogens is 3. The Morgan fingerprint density at radius 2 is 2.14 bits per heavy atom. The molecule has 5 heteroatoms. The number of nitrogens with zero attached hydrogens (tertiary/aromatic N) is 3. The summed E-state index contributed by atoms with van der Waals surface area (Å²) >= 11 is 1.79. The normalized spacial score (nSPS) is 16.4. The molecule has 1 aliphatic heterocycles. The van der Waals surface area contributed by atoms with E-state index in [1.54, 1.807) is 11.3 Å². The molecule has 0 spiro atoms. The quantitative estimate of drug-likeness (QED) is 0.739. The smallest absolute Gasteiger partial charge is 0.165 e. The maximum atomic E-state index is 5.48. The first-order chi connectivity index (χ1) is 10.8. The standard InChI is InChI=1S/C17H19N3OS/c1-12-4-5-16(22-12)20-15(11-13-6-9-21-10-7-13)19-14-3-2-8-18-17(14)20/h2-5,8,13H,6-7,9-11H2,1H3. The van der Waals surface area contributed by atoms with Crippen molar-refractivity contribution in [2.75, 3.05) is 13.2 Å². The number of ether oxygens (including phenoxy) is 1. The van der Waals surface area contributed by atoms with Crippen LogP contribution in [0.5, 0.6) is 0 Å². The molecule has 4 heterocycles. The predicted molar refractivity (Wildman–Crippen MR) is 88.7 cm³/mol. The average Bonchev–Trinajstić information content (AvgIpc) is 3.11. The number of fused-ring (bicyclic) bond motifs is 1.